The maximum absolute atomic E-state index is 5.58. The summed E-state index contributed by atoms with van der Waals surface area (Å²) in [6.45, 7) is 0. The van der Waals surface area contributed by atoms with Crippen molar-refractivity contribution in [1.82, 2.24) is 4.98 Å². The monoisotopic (exact) mass is 211 g/mol. The first-order valence-corrected chi connectivity index (χ1v) is 3.99. The van der Waals surface area contributed by atoms with Crippen molar-refractivity contribution in [1.29, 1.82) is 0 Å². The number of aromatic nitrogens is 1. The lowest BCUT2D eigenvalue weighted by Gasteiger charge is -1.95. The van der Waals surface area contributed by atoms with Gasteiger partial charge < -0.3 is 0 Å². The molecule has 0 saturated heterocycles. The van der Waals surface area contributed by atoms with E-state index < -0.39 is 0 Å². The van der Waals surface area contributed by atoms with Crippen molar-refractivity contribution in [3.63, 3.8) is 0 Å². The predicted molar refractivity (Wildman–Crippen MR) is 50.6 cm³/mol. The smallest absolute Gasteiger partial charge is 0.0647 e. The Balaban J connectivity index is 0.000001000. The highest BCUT2D eigenvalue weighted by molar-refractivity contribution is 6.17. The fourth-order valence-electron chi connectivity index (χ4n) is 0.684. The summed E-state index contributed by atoms with van der Waals surface area (Å²) < 4.78 is 0. The molecule has 0 fully saturated rings. The number of alkyl halides is 2. The summed E-state index contributed by atoms with van der Waals surface area (Å²) in [6, 6.07) is 3.78. The number of hydrogen-bond donors (Lipinski definition) is 0. The van der Waals surface area contributed by atoms with E-state index in [0.29, 0.717) is 11.8 Å². The van der Waals surface area contributed by atoms with Gasteiger partial charge in [-0.15, -0.1) is 35.6 Å². The molecule has 0 spiro atoms. The molecule has 1 rings (SSSR count). The summed E-state index contributed by atoms with van der Waals surface area (Å²) in [5, 5.41) is 0. The average molecular weight is 213 g/mol. The van der Waals surface area contributed by atoms with Gasteiger partial charge in [0.1, 0.15) is 0 Å². The highest BCUT2D eigenvalue weighted by atomic mass is 35.5. The van der Waals surface area contributed by atoms with Crippen LogP contribution in [0.15, 0.2) is 18.3 Å². The lowest BCUT2D eigenvalue weighted by atomic mass is 10.2. The second-order valence-corrected chi connectivity index (χ2v) is 2.46. The predicted octanol–water partition coefficient (Wildman–Crippen LogP) is 2.98. The molecular formula is C7H8Cl3N. The van der Waals surface area contributed by atoms with Crippen molar-refractivity contribution in [2.24, 2.45) is 0 Å². The summed E-state index contributed by atoms with van der Waals surface area (Å²) in [7, 11) is 0. The quantitative estimate of drug-likeness (QED) is 0.687. The molecule has 1 aromatic heterocycles. The zero-order valence-electron chi connectivity index (χ0n) is 5.76. The minimum absolute atomic E-state index is 0. The molecule has 0 radical (unpaired) electrons. The second kappa shape index (κ2) is 5.64. The largest absolute Gasteiger partial charge is 0.260 e. The molecule has 0 aliphatic heterocycles. The van der Waals surface area contributed by atoms with Crippen LogP contribution in [0.25, 0.3) is 0 Å². The molecule has 0 aromatic carbocycles. The Labute approximate surface area is 82.1 Å². The topological polar surface area (TPSA) is 12.9 Å². The molecule has 62 valence electrons. The zero-order chi connectivity index (χ0) is 7.40. The van der Waals surface area contributed by atoms with Gasteiger partial charge in [-0.1, -0.05) is 0 Å². The highest BCUT2D eigenvalue weighted by Crippen LogP contribution is 2.06. The van der Waals surface area contributed by atoms with Gasteiger partial charge in [0.2, 0.25) is 0 Å². The molecule has 0 saturated carbocycles. The molecule has 4 heteroatoms. The second-order valence-electron chi connectivity index (χ2n) is 1.92. The molecule has 0 amide bonds. The lowest BCUT2D eigenvalue weighted by molar-refractivity contribution is 1.14. The van der Waals surface area contributed by atoms with Crippen molar-refractivity contribution >= 4 is 35.6 Å². The first kappa shape index (κ1) is 11.0. The molecule has 0 bridgehead atoms. The van der Waals surface area contributed by atoms with Gasteiger partial charge in [0.05, 0.1) is 11.6 Å². The van der Waals surface area contributed by atoms with E-state index in [4.69, 9.17) is 23.2 Å². The third-order valence-corrected chi connectivity index (χ3v) is 1.75. The maximum Gasteiger partial charge on any atom is 0.0647 e. The van der Waals surface area contributed by atoms with E-state index in [1.54, 1.807) is 6.20 Å². The molecule has 1 nitrogen and oxygen atoms in total. The third kappa shape index (κ3) is 3.28. The van der Waals surface area contributed by atoms with E-state index >= 15 is 0 Å². The van der Waals surface area contributed by atoms with E-state index in [1.807, 2.05) is 12.1 Å². The van der Waals surface area contributed by atoms with Gasteiger partial charge in [-0.25, -0.2) is 0 Å². The normalized spacial score (nSPS) is 8.91. The standard InChI is InChI=1S/C7H7Cl2N.ClH/c8-4-6-1-2-10-7(3-6)5-9;/h1-3H,4-5H2;1H. The summed E-state index contributed by atoms with van der Waals surface area (Å²) in [6.07, 6.45) is 1.72. The van der Waals surface area contributed by atoms with E-state index in [-0.39, 0.29) is 12.4 Å². The van der Waals surface area contributed by atoms with Gasteiger partial charge >= 0.3 is 0 Å². The molecular weight excluding hydrogens is 204 g/mol. The van der Waals surface area contributed by atoms with Crippen molar-refractivity contribution < 1.29 is 0 Å². The van der Waals surface area contributed by atoms with Crippen molar-refractivity contribution in [2.75, 3.05) is 0 Å². The fraction of sp³-hybridized carbons (Fsp3) is 0.286. The van der Waals surface area contributed by atoms with Crippen LogP contribution in [-0.2, 0) is 11.8 Å². The summed E-state index contributed by atoms with van der Waals surface area (Å²) in [5.74, 6) is 0.969. The number of hydrogen-bond acceptors (Lipinski definition) is 1. The molecule has 0 aliphatic rings. The molecule has 1 aromatic rings. The van der Waals surface area contributed by atoms with E-state index in [1.165, 1.54) is 0 Å². The Hall–Kier alpha value is 0.0200. The van der Waals surface area contributed by atoms with Crippen LogP contribution in [0, 0.1) is 0 Å². The number of halogens is 3. The first-order valence-electron chi connectivity index (χ1n) is 2.92. The Morgan fingerprint density at radius 2 is 2.00 bits per heavy atom. The minimum Gasteiger partial charge on any atom is -0.260 e. The van der Waals surface area contributed by atoms with Crippen LogP contribution in [0.3, 0.4) is 0 Å². The third-order valence-electron chi connectivity index (χ3n) is 1.17. The van der Waals surface area contributed by atoms with Crippen molar-refractivity contribution in [3.05, 3.63) is 29.6 Å². The molecule has 0 unspecified atom stereocenters. The van der Waals surface area contributed by atoms with Gasteiger partial charge in [0, 0.05) is 12.1 Å². The first-order chi connectivity index (χ1) is 4.86. The Bertz CT molecular complexity index is 195. The van der Waals surface area contributed by atoms with Gasteiger partial charge in [0.25, 0.3) is 0 Å². The highest BCUT2D eigenvalue weighted by Gasteiger charge is 1.92. The van der Waals surface area contributed by atoms with Crippen molar-refractivity contribution in [2.45, 2.75) is 11.8 Å². The number of rotatable bonds is 2. The van der Waals surface area contributed by atoms with Crippen LogP contribution in [0.4, 0.5) is 0 Å². The molecule has 11 heavy (non-hydrogen) atoms. The lowest BCUT2D eigenvalue weighted by Crippen LogP contribution is -1.86. The fourth-order valence-corrected chi connectivity index (χ4v) is 0.997. The zero-order valence-corrected chi connectivity index (χ0v) is 8.09. The number of pyridine rings is 1. The van der Waals surface area contributed by atoms with Crippen LogP contribution < -0.4 is 0 Å². The van der Waals surface area contributed by atoms with Gasteiger partial charge in [-0.05, 0) is 17.7 Å². The Kier molecular flexibility index (Phi) is 5.65. The summed E-state index contributed by atoms with van der Waals surface area (Å²) >= 11 is 11.1. The van der Waals surface area contributed by atoms with E-state index in [2.05, 4.69) is 4.98 Å². The van der Waals surface area contributed by atoms with Gasteiger partial charge in [-0.2, -0.15) is 0 Å². The molecule has 0 N–H and O–H groups in total. The minimum atomic E-state index is 0. The molecule has 0 aliphatic carbocycles. The van der Waals surface area contributed by atoms with Crippen molar-refractivity contribution in [3.8, 4) is 0 Å². The van der Waals surface area contributed by atoms with Crippen LogP contribution in [0.5, 0.6) is 0 Å². The van der Waals surface area contributed by atoms with Gasteiger partial charge in [0.15, 0.2) is 0 Å². The molecule has 0 atom stereocenters. The SMILES string of the molecule is Cl.ClCc1ccnc(CCl)c1. The van der Waals surface area contributed by atoms with Crippen LogP contribution >= 0.6 is 35.6 Å². The Morgan fingerprint density at radius 3 is 2.55 bits per heavy atom. The summed E-state index contributed by atoms with van der Waals surface area (Å²) in [4.78, 5) is 4.02. The molecule has 1 heterocycles. The van der Waals surface area contributed by atoms with E-state index in [0.717, 1.165) is 11.3 Å². The van der Waals surface area contributed by atoms with Crippen LogP contribution in [-0.4, -0.2) is 4.98 Å². The van der Waals surface area contributed by atoms with Gasteiger partial charge in [-0.3, -0.25) is 4.98 Å². The van der Waals surface area contributed by atoms with E-state index in [9.17, 15) is 0 Å². The van der Waals surface area contributed by atoms with Crippen LogP contribution in [0.2, 0.25) is 0 Å². The summed E-state index contributed by atoms with van der Waals surface area (Å²) in [5.41, 5.74) is 1.94. The number of nitrogens with zero attached hydrogens (tertiary/aromatic N) is 1. The maximum atomic E-state index is 5.58. The average Bonchev–Trinajstić information content (AvgIpc) is 2.05. The van der Waals surface area contributed by atoms with Crippen LogP contribution in [0.1, 0.15) is 11.3 Å². The Morgan fingerprint density at radius 1 is 1.27 bits per heavy atom.